The van der Waals surface area contributed by atoms with Gasteiger partial charge in [-0.3, -0.25) is 77.4 Å². The van der Waals surface area contributed by atoms with Gasteiger partial charge in [0.15, 0.2) is 0 Å². The third-order valence-electron chi connectivity index (χ3n) is 17.9. The van der Waals surface area contributed by atoms with Gasteiger partial charge in [0.1, 0.15) is 19.2 Å². The molecule has 97 heavy (non-hydrogen) atoms. The number of terminal acetylenes is 1. The number of alkyl halides is 2. The number of likely N-dealkylation sites (tertiary alicyclic amines) is 3. The number of ether oxygens (including phenoxy) is 3. The van der Waals surface area contributed by atoms with E-state index in [9.17, 15) is 61.8 Å². The maximum Gasteiger partial charge on any atom is 0.317 e. The second-order valence-electron chi connectivity index (χ2n) is 25.0. The second kappa shape index (κ2) is 40.7. The van der Waals surface area contributed by atoms with E-state index in [2.05, 4.69) is 73.7 Å². The van der Waals surface area contributed by atoms with Crippen molar-refractivity contribution in [2.24, 2.45) is 5.92 Å². The molecule has 1 aromatic heterocycles. The zero-order valence-corrected chi connectivity index (χ0v) is 58.0. The number of imide groups is 1. The molecule has 2 unspecified atom stereocenters. The number of carbonyl (C=O) groups is 10. The van der Waals surface area contributed by atoms with Gasteiger partial charge in [-0.25, -0.2) is 8.78 Å². The summed E-state index contributed by atoms with van der Waals surface area (Å²) in [5.41, 5.74) is 1.96. The van der Waals surface area contributed by atoms with Gasteiger partial charge in [0, 0.05) is 131 Å². The van der Waals surface area contributed by atoms with E-state index in [1.807, 2.05) is 19.6 Å². The number of hydrogen-bond acceptors (Lipinski definition) is 19. The number of nitrogens with zero attached hydrogens (tertiary/aromatic N) is 8. The normalized spacial score (nSPS) is 18.9. The fourth-order valence-electron chi connectivity index (χ4n) is 12.4. The van der Waals surface area contributed by atoms with Crippen molar-refractivity contribution in [2.45, 2.75) is 125 Å². The van der Waals surface area contributed by atoms with Crippen LogP contribution in [0.3, 0.4) is 0 Å². The summed E-state index contributed by atoms with van der Waals surface area (Å²) in [6.07, 6.45) is 15.8. The Balaban J connectivity index is 0.840. The highest BCUT2D eigenvalue weighted by atomic mass is 127. The fraction of sp³-hybridized carbons (Fsp3) is 0.603. The van der Waals surface area contributed by atoms with E-state index >= 15 is 0 Å². The summed E-state index contributed by atoms with van der Waals surface area (Å²) >= 11 is 3.63. The summed E-state index contributed by atoms with van der Waals surface area (Å²) in [6, 6.07) is 13.9. The number of carbonyl (C=O) groups excluding carboxylic acids is 9. The van der Waals surface area contributed by atoms with E-state index in [1.165, 1.54) is 34.5 Å². The smallest absolute Gasteiger partial charge is 0.317 e. The average molecular weight is 1480 g/mol. The molecule has 530 valence electrons. The highest BCUT2D eigenvalue weighted by molar-refractivity contribution is 14.1. The number of halogens is 3. The summed E-state index contributed by atoms with van der Waals surface area (Å²) in [4.78, 5) is 143. The lowest BCUT2D eigenvalue weighted by Gasteiger charge is -2.33. The number of aryl methyl sites for hydroxylation is 1. The molecule has 4 saturated heterocycles. The number of aliphatic carboxylic acids is 1. The van der Waals surface area contributed by atoms with E-state index in [0.29, 0.717) is 133 Å². The molecular weight excluding hydrogens is 1390 g/mol. The molecule has 4 N–H and O–H groups in total. The van der Waals surface area contributed by atoms with Crippen LogP contribution in [0.15, 0.2) is 54.7 Å². The number of piperidine rings is 1. The number of thioether (sulfide) groups is 1. The topological polar surface area (TPSA) is 290 Å². The molecule has 4 aliphatic rings. The van der Waals surface area contributed by atoms with Crippen molar-refractivity contribution in [3.05, 3.63) is 69.4 Å². The van der Waals surface area contributed by atoms with Gasteiger partial charge in [-0.1, -0.05) is 37.3 Å². The van der Waals surface area contributed by atoms with Gasteiger partial charge in [0.25, 0.3) is 24.8 Å². The third kappa shape index (κ3) is 26.6. The Hall–Kier alpha value is -7.11. The van der Waals surface area contributed by atoms with E-state index in [0.717, 1.165) is 72.7 Å². The van der Waals surface area contributed by atoms with Crippen LogP contribution in [0.4, 0.5) is 8.78 Å². The number of hydrogen-bond donors (Lipinski definition) is 4. The monoisotopic (exact) mass is 1480 g/mol. The van der Waals surface area contributed by atoms with Crippen LogP contribution in [0.2, 0.25) is 0 Å². The molecule has 0 saturated carbocycles. The first kappa shape index (κ1) is 77.2. The number of benzene rings is 2. The Bertz CT molecular complexity index is 3160. The number of nitrogens with one attached hydrogen (secondary N) is 3. The number of aromatic nitrogens is 1. The summed E-state index contributed by atoms with van der Waals surface area (Å²) in [5.74, 6) is -3.16. The van der Waals surface area contributed by atoms with Gasteiger partial charge in [0.2, 0.25) is 35.4 Å². The van der Waals surface area contributed by atoms with Crippen molar-refractivity contribution >= 4 is 106 Å². The second-order valence-corrected chi connectivity index (χ2v) is 27.8. The first-order valence-corrected chi connectivity index (χ1v) is 35.5. The van der Waals surface area contributed by atoms with E-state index in [1.54, 1.807) is 23.1 Å². The fourth-order valence-corrected chi connectivity index (χ4v) is 14.2. The Morgan fingerprint density at radius 1 is 0.773 bits per heavy atom. The summed E-state index contributed by atoms with van der Waals surface area (Å²) in [6.45, 7) is 4.56. The molecule has 25 nitrogen and oxygen atoms in total. The standard InChI is InChI=1S/C68H92F2IN11O14S/c1-2-53-40-68(69,70)45-82(53)64(89)42-75-66(92)56-21-25-72-58-20-19-54(38-57(56)58)96-37-7-5-10-51-22-27-80(28-23-51)62(87)14-9-26-81-63(88)39-59(67(81)93)97-55(12-4-3-6-24-73-60(85)13-8-11-50-15-17-52(71)18-16-50)41-74-61(86)43-76-29-30-77(44-65(90)91)32-34-79(47-95-49-84)36-35-78(33-31-76)46-94-48-83/h1,15-21,25,38,48-49,51,53,55,59H,3-14,22-24,26-37,39-47H2,(H,73,85)(H,74,86)(H,75,92)(H,90,91)/t53-,55?,59?/m0/s1. The Labute approximate surface area is 583 Å². The van der Waals surface area contributed by atoms with Gasteiger partial charge in [-0.05, 0) is 128 Å². The van der Waals surface area contributed by atoms with Crippen molar-refractivity contribution in [1.82, 2.24) is 55.2 Å². The molecule has 4 aliphatic heterocycles. The molecule has 0 radical (unpaired) electrons. The van der Waals surface area contributed by atoms with Gasteiger partial charge < -0.3 is 45.1 Å². The molecule has 0 spiro atoms. The maximum atomic E-state index is 14.0. The lowest BCUT2D eigenvalue weighted by Crippen LogP contribution is -2.49. The van der Waals surface area contributed by atoms with Crippen LogP contribution in [0.25, 0.3) is 10.9 Å². The Morgan fingerprint density at radius 2 is 1.45 bits per heavy atom. The number of unbranched alkanes of at least 4 members (excludes halogenated alkanes) is 3. The van der Waals surface area contributed by atoms with Crippen LogP contribution >= 0.6 is 34.4 Å². The highest BCUT2D eigenvalue weighted by Gasteiger charge is 2.46. The summed E-state index contributed by atoms with van der Waals surface area (Å²) in [7, 11) is 0. The SMILES string of the molecule is C#C[C@H]1CC(F)(F)CN1C(=O)CNC(=O)c1ccnc2ccc(OCCCCC3CCN(C(=O)CCCN4C(=O)CC(SC(CCCCCNC(=O)CCCc5ccc(I)cc5)CNC(=O)CN5CCN(COC=O)CCN(COC=O)CCN(CC(=O)O)CC5)C4=O)CC3)cc12. The molecule has 0 aliphatic carbocycles. The molecule has 3 atom stereocenters. The molecule has 3 aromatic rings. The number of pyridine rings is 1. The van der Waals surface area contributed by atoms with E-state index in [4.69, 9.17) is 20.6 Å². The minimum atomic E-state index is -3.10. The van der Waals surface area contributed by atoms with Crippen LogP contribution in [-0.2, 0) is 59.0 Å². The lowest BCUT2D eigenvalue weighted by molar-refractivity contribution is -0.140. The molecule has 7 rings (SSSR count). The number of amides is 7. The number of carboxylic acids is 1. The van der Waals surface area contributed by atoms with Crippen LogP contribution in [0.5, 0.6) is 5.75 Å². The summed E-state index contributed by atoms with van der Waals surface area (Å²) in [5, 5.41) is 17.9. The molecule has 7 amide bonds. The molecule has 5 heterocycles. The predicted molar refractivity (Wildman–Crippen MR) is 367 cm³/mol. The number of carboxylic acid groups (broad SMARTS) is 1. The minimum absolute atomic E-state index is 0.000191. The van der Waals surface area contributed by atoms with Gasteiger partial charge in [-0.15, -0.1) is 18.2 Å². The molecule has 2 aromatic carbocycles. The Morgan fingerprint density at radius 3 is 2.12 bits per heavy atom. The quantitative estimate of drug-likeness (QED) is 0.0201. The van der Waals surface area contributed by atoms with Gasteiger partial charge in [-0.2, -0.15) is 0 Å². The van der Waals surface area contributed by atoms with Crippen molar-refractivity contribution in [3.63, 3.8) is 0 Å². The zero-order chi connectivity index (χ0) is 69.5. The van der Waals surface area contributed by atoms with Crippen LogP contribution in [0, 0.1) is 21.8 Å². The van der Waals surface area contributed by atoms with Crippen LogP contribution < -0.4 is 20.7 Å². The van der Waals surface area contributed by atoms with Crippen molar-refractivity contribution < 1.29 is 76.0 Å². The molecular formula is C68H92F2IN11O14S. The first-order chi connectivity index (χ1) is 46.8. The number of fused-ring (bicyclic) bond motifs is 1. The zero-order valence-electron chi connectivity index (χ0n) is 55.1. The number of rotatable bonds is 37. The van der Waals surface area contributed by atoms with Crippen molar-refractivity contribution in [1.29, 1.82) is 0 Å². The van der Waals surface area contributed by atoms with Crippen LogP contribution in [0.1, 0.15) is 112 Å². The van der Waals surface area contributed by atoms with E-state index in [-0.39, 0.29) is 92.8 Å². The van der Waals surface area contributed by atoms with Gasteiger partial charge >= 0.3 is 5.97 Å². The lowest BCUT2D eigenvalue weighted by atomic mass is 9.91. The third-order valence-corrected chi connectivity index (χ3v) is 20.1. The Kier molecular flexibility index (Phi) is 32.4. The van der Waals surface area contributed by atoms with Crippen LogP contribution in [-0.4, -0.2) is 258 Å². The minimum Gasteiger partial charge on any atom is -0.494 e. The first-order valence-electron chi connectivity index (χ1n) is 33.5. The largest absolute Gasteiger partial charge is 0.494 e. The summed E-state index contributed by atoms with van der Waals surface area (Å²) < 4.78 is 45.3. The molecule has 0 bridgehead atoms. The van der Waals surface area contributed by atoms with Crippen molar-refractivity contribution in [3.8, 4) is 18.1 Å². The maximum absolute atomic E-state index is 14.0. The van der Waals surface area contributed by atoms with Gasteiger partial charge in [0.05, 0.1) is 55.2 Å². The molecule has 29 heteroatoms. The molecule has 4 fully saturated rings. The predicted octanol–water partition coefficient (Wildman–Crippen LogP) is 4.62. The highest BCUT2D eigenvalue weighted by Crippen LogP contribution is 2.33. The van der Waals surface area contributed by atoms with Crippen molar-refractivity contribution in [2.75, 3.05) is 131 Å². The van der Waals surface area contributed by atoms with E-state index < -0.39 is 54.5 Å². The average Bonchev–Trinajstić information content (AvgIpc) is 1.81.